The van der Waals surface area contributed by atoms with Gasteiger partial charge < -0.3 is 15.4 Å². The van der Waals surface area contributed by atoms with Crippen LogP contribution in [0.3, 0.4) is 0 Å². The highest BCUT2D eigenvalue weighted by Crippen LogP contribution is 2.48. The zero-order chi connectivity index (χ0) is 15.7. The highest BCUT2D eigenvalue weighted by molar-refractivity contribution is 6.30. The van der Waals surface area contributed by atoms with Gasteiger partial charge in [0.2, 0.25) is 5.91 Å². The summed E-state index contributed by atoms with van der Waals surface area (Å²) >= 11 is 5.83. The molecular weight excluding hydrogens is 335 g/mol. The second-order valence-corrected chi connectivity index (χ2v) is 6.93. The highest BCUT2D eigenvalue weighted by atomic mass is 35.5. The van der Waals surface area contributed by atoms with Crippen LogP contribution in [0.4, 0.5) is 0 Å². The van der Waals surface area contributed by atoms with Crippen LogP contribution in [0, 0.1) is 17.8 Å². The summed E-state index contributed by atoms with van der Waals surface area (Å²) in [6, 6.07) is 7.29. The molecule has 0 aromatic heterocycles. The minimum absolute atomic E-state index is 0. The van der Waals surface area contributed by atoms with Crippen LogP contribution in [0.25, 0.3) is 0 Å². The number of halogens is 2. The number of nitrogens with two attached hydrogens (primary N) is 1. The van der Waals surface area contributed by atoms with E-state index in [4.69, 9.17) is 22.1 Å². The van der Waals surface area contributed by atoms with Crippen LogP contribution in [0.2, 0.25) is 5.02 Å². The van der Waals surface area contributed by atoms with Gasteiger partial charge in [0, 0.05) is 18.1 Å². The number of hydrogen-bond acceptors (Lipinski definition) is 3. The summed E-state index contributed by atoms with van der Waals surface area (Å²) in [6.07, 6.45) is 3.48. The maximum Gasteiger partial charge on any atom is 0.227 e. The molecule has 0 heterocycles. The molecule has 0 saturated heterocycles. The van der Waals surface area contributed by atoms with Crippen LogP contribution >= 0.6 is 24.0 Å². The first-order valence-electron chi connectivity index (χ1n) is 7.95. The Bertz CT molecular complexity index is 536. The molecule has 2 N–H and O–H groups in total. The van der Waals surface area contributed by atoms with E-state index in [1.165, 1.54) is 6.42 Å². The van der Waals surface area contributed by atoms with Gasteiger partial charge in [0.1, 0.15) is 12.4 Å². The minimum Gasteiger partial charge on any atom is -0.492 e. The van der Waals surface area contributed by atoms with Gasteiger partial charge in [-0.3, -0.25) is 4.79 Å². The quantitative estimate of drug-likeness (QED) is 0.879. The van der Waals surface area contributed by atoms with E-state index in [1.54, 1.807) is 17.0 Å². The summed E-state index contributed by atoms with van der Waals surface area (Å²) in [5, 5.41) is 0.685. The van der Waals surface area contributed by atoms with Crippen molar-refractivity contribution in [2.45, 2.75) is 25.3 Å². The van der Waals surface area contributed by atoms with E-state index in [1.807, 2.05) is 19.2 Å². The number of amides is 1. The van der Waals surface area contributed by atoms with Crippen molar-refractivity contribution in [1.29, 1.82) is 0 Å². The Hall–Kier alpha value is -0.970. The third-order valence-corrected chi connectivity index (χ3v) is 5.40. The Morgan fingerprint density at radius 1 is 1.30 bits per heavy atom. The first-order chi connectivity index (χ1) is 10.6. The molecule has 4 unspecified atom stereocenters. The highest BCUT2D eigenvalue weighted by Gasteiger charge is 2.49. The molecule has 6 heteroatoms. The minimum atomic E-state index is 0. The standard InChI is InChI=1S/C17H23ClN2O2.ClH/c1-20(8-9-22-14-6-4-13(18)5-7-14)17(21)15-11-2-3-12(10-11)16(15)19;/h4-7,11-12,15-16H,2-3,8-10,19H2,1H3;1H. The van der Waals surface area contributed by atoms with Crippen molar-refractivity contribution in [2.24, 2.45) is 23.5 Å². The predicted octanol–water partition coefficient (Wildman–Crippen LogP) is 2.97. The van der Waals surface area contributed by atoms with Crippen molar-refractivity contribution >= 4 is 29.9 Å². The third kappa shape index (κ3) is 3.93. The van der Waals surface area contributed by atoms with Gasteiger partial charge in [0.15, 0.2) is 0 Å². The molecule has 23 heavy (non-hydrogen) atoms. The molecule has 2 saturated carbocycles. The summed E-state index contributed by atoms with van der Waals surface area (Å²) in [5.74, 6) is 2.00. The van der Waals surface area contributed by atoms with E-state index in [0.29, 0.717) is 30.0 Å². The summed E-state index contributed by atoms with van der Waals surface area (Å²) in [7, 11) is 1.84. The van der Waals surface area contributed by atoms with Gasteiger partial charge >= 0.3 is 0 Å². The zero-order valence-electron chi connectivity index (χ0n) is 13.3. The van der Waals surface area contributed by atoms with E-state index >= 15 is 0 Å². The Morgan fingerprint density at radius 3 is 2.57 bits per heavy atom. The van der Waals surface area contributed by atoms with Gasteiger partial charge in [0.05, 0.1) is 12.5 Å². The van der Waals surface area contributed by atoms with Crippen LogP contribution < -0.4 is 10.5 Å². The normalized spacial score (nSPS) is 28.3. The molecule has 2 aliphatic carbocycles. The van der Waals surface area contributed by atoms with Crippen LogP contribution in [-0.4, -0.2) is 37.0 Å². The number of likely N-dealkylation sites (N-methyl/N-ethyl adjacent to an activating group) is 1. The fraction of sp³-hybridized carbons (Fsp3) is 0.588. The number of benzene rings is 1. The smallest absolute Gasteiger partial charge is 0.227 e. The number of nitrogens with zero attached hydrogens (tertiary/aromatic N) is 1. The van der Waals surface area contributed by atoms with E-state index < -0.39 is 0 Å². The lowest BCUT2D eigenvalue weighted by atomic mass is 9.84. The topological polar surface area (TPSA) is 55.6 Å². The third-order valence-electron chi connectivity index (χ3n) is 5.15. The molecule has 0 radical (unpaired) electrons. The maximum atomic E-state index is 12.6. The van der Waals surface area contributed by atoms with Gasteiger partial charge in [0.25, 0.3) is 0 Å². The Labute approximate surface area is 148 Å². The van der Waals surface area contributed by atoms with Crippen LogP contribution in [0.15, 0.2) is 24.3 Å². The van der Waals surface area contributed by atoms with E-state index in [9.17, 15) is 4.79 Å². The van der Waals surface area contributed by atoms with Crippen molar-refractivity contribution in [1.82, 2.24) is 4.90 Å². The van der Waals surface area contributed by atoms with Gasteiger partial charge in [-0.2, -0.15) is 0 Å². The van der Waals surface area contributed by atoms with Crippen LogP contribution in [-0.2, 0) is 4.79 Å². The van der Waals surface area contributed by atoms with Gasteiger partial charge in [-0.25, -0.2) is 0 Å². The van der Waals surface area contributed by atoms with Crippen molar-refractivity contribution in [3.63, 3.8) is 0 Å². The fourth-order valence-electron chi connectivity index (χ4n) is 3.90. The summed E-state index contributed by atoms with van der Waals surface area (Å²) in [4.78, 5) is 14.4. The monoisotopic (exact) mass is 358 g/mol. The second kappa shape index (κ2) is 7.73. The molecule has 1 aromatic rings. The Kier molecular flexibility index (Phi) is 6.18. The largest absolute Gasteiger partial charge is 0.492 e. The van der Waals surface area contributed by atoms with Crippen molar-refractivity contribution in [2.75, 3.05) is 20.2 Å². The average Bonchev–Trinajstić information content (AvgIpc) is 3.09. The Balaban J connectivity index is 0.00000192. The maximum absolute atomic E-state index is 12.6. The summed E-state index contributed by atoms with van der Waals surface area (Å²) in [6.45, 7) is 1.04. The van der Waals surface area contributed by atoms with Crippen molar-refractivity contribution in [3.05, 3.63) is 29.3 Å². The molecular formula is C17H24Cl2N2O2. The van der Waals surface area contributed by atoms with Crippen LogP contribution in [0.1, 0.15) is 19.3 Å². The predicted molar refractivity (Wildman–Crippen MR) is 94.1 cm³/mol. The molecule has 2 fully saturated rings. The molecule has 3 rings (SSSR count). The molecule has 4 nitrogen and oxygen atoms in total. The molecule has 128 valence electrons. The van der Waals surface area contributed by atoms with Crippen LogP contribution in [0.5, 0.6) is 5.75 Å². The molecule has 4 atom stereocenters. The van der Waals surface area contributed by atoms with Gasteiger partial charge in [-0.1, -0.05) is 11.6 Å². The molecule has 2 aliphatic rings. The Morgan fingerprint density at radius 2 is 1.96 bits per heavy atom. The number of rotatable bonds is 5. The number of hydrogen-bond donors (Lipinski definition) is 1. The van der Waals surface area contributed by atoms with Gasteiger partial charge in [-0.15, -0.1) is 12.4 Å². The molecule has 1 amide bonds. The number of fused-ring (bicyclic) bond motifs is 2. The number of carbonyl (C=O) groups excluding carboxylic acids is 1. The van der Waals surface area contributed by atoms with E-state index in [-0.39, 0.29) is 30.3 Å². The lowest BCUT2D eigenvalue weighted by Crippen LogP contribution is -2.46. The SMILES string of the molecule is CN(CCOc1ccc(Cl)cc1)C(=O)C1C2CCC(C2)C1N.Cl. The van der Waals surface area contributed by atoms with E-state index in [0.717, 1.165) is 18.6 Å². The first kappa shape index (κ1) is 18.4. The van der Waals surface area contributed by atoms with E-state index in [2.05, 4.69) is 0 Å². The first-order valence-corrected chi connectivity index (χ1v) is 8.33. The second-order valence-electron chi connectivity index (χ2n) is 6.50. The molecule has 0 spiro atoms. The van der Waals surface area contributed by atoms with Gasteiger partial charge in [-0.05, 0) is 55.4 Å². The fourth-order valence-corrected chi connectivity index (χ4v) is 4.02. The van der Waals surface area contributed by atoms with Crippen molar-refractivity contribution in [3.8, 4) is 5.75 Å². The lowest BCUT2D eigenvalue weighted by molar-refractivity contribution is -0.136. The lowest BCUT2D eigenvalue weighted by Gasteiger charge is -2.30. The zero-order valence-corrected chi connectivity index (χ0v) is 14.9. The average molecular weight is 359 g/mol. The molecule has 2 bridgehead atoms. The van der Waals surface area contributed by atoms with Crippen molar-refractivity contribution < 1.29 is 9.53 Å². The number of carbonyl (C=O) groups is 1. The molecule has 1 aromatic carbocycles. The summed E-state index contributed by atoms with van der Waals surface area (Å²) in [5.41, 5.74) is 6.25. The molecule has 0 aliphatic heterocycles. The summed E-state index contributed by atoms with van der Waals surface area (Å²) < 4.78 is 5.65. The number of ether oxygens (including phenoxy) is 1.